The van der Waals surface area contributed by atoms with Crippen LogP contribution in [0.2, 0.25) is 0 Å². The van der Waals surface area contributed by atoms with Crippen molar-refractivity contribution in [2.75, 3.05) is 19.8 Å². The molecule has 0 radical (unpaired) electrons. The van der Waals surface area contributed by atoms with Gasteiger partial charge in [-0.05, 0) is 57.0 Å². The van der Waals surface area contributed by atoms with Gasteiger partial charge in [0, 0.05) is 41.3 Å². The number of halogens is 3. The molecule has 0 fully saturated rings. The van der Waals surface area contributed by atoms with E-state index in [0.717, 1.165) is 17.0 Å². The van der Waals surface area contributed by atoms with Gasteiger partial charge in [0.1, 0.15) is 17.3 Å². The molecule has 4 rings (SSSR count). The molecule has 8 nitrogen and oxygen atoms in total. The van der Waals surface area contributed by atoms with Crippen molar-refractivity contribution in [1.82, 2.24) is 0 Å². The summed E-state index contributed by atoms with van der Waals surface area (Å²) >= 11 is 0. The average Bonchev–Trinajstić information content (AvgIpc) is 2.91. The number of alkyl halides is 3. The summed E-state index contributed by atoms with van der Waals surface area (Å²) in [7, 11) is 0. The molecule has 0 bridgehead atoms. The summed E-state index contributed by atoms with van der Waals surface area (Å²) < 4.78 is 63.7. The first-order valence-corrected chi connectivity index (χ1v) is 13.4. The standard InChI is InChI=1S/C31H30F3NO7/c1-5-39-29(37)26-18(3)35-19(4)27(28(26)22-9-6-7-10-23(22)31(32,33)34)30(38)41-14-8-13-40-20-11-12-21-17(2)15-25(36)42-24(21)16-20/h6-7,9-12,15-16,26,28H,5,8,13-14H2,1-4H3. The van der Waals surface area contributed by atoms with Gasteiger partial charge in [0.2, 0.25) is 0 Å². The molecule has 0 saturated carbocycles. The van der Waals surface area contributed by atoms with Crippen molar-refractivity contribution in [2.45, 2.75) is 46.2 Å². The van der Waals surface area contributed by atoms with Crippen LogP contribution in [0.25, 0.3) is 11.0 Å². The molecule has 1 aliphatic heterocycles. The van der Waals surface area contributed by atoms with Crippen LogP contribution in [0.1, 0.15) is 49.8 Å². The molecule has 222 valence electrons. The normalized spacial score (nSPS) is 17.2. The van der Waals surface area contributed by atoms with E-state index < -0.39 is 41.1 Å². The highest BCUT2D eigenvalue weighted by Crippen LogP contribution is 2.45. The topological polar surface area (TPSA) is 104 Å². The predicted molar refractivity (Wildman–Crippen MR) is 148 cm³/mol. The Balaban J connectivity index is 1.52. The van der Waals surface area contributed by atoms with Crippen LogP contribution in [0.3, 0.4) is 0 Å². The fourth-order valence-electron chi connectivity index (χ4n) is 5.09. The number of fused-ring (bicyclic) bond motifs is 1. The summed E-state index contributed by atoms with van der Waals surface area (Å²) in [6.07, 6.45) is -4.48. The van der Waals surface area contributed by atoms with Gasteiger partial charge in [0.25, 0.3) is 0 Å². The molecule has 2 heterocycles. The van der Waals surface area contributed by atoms with E-state index in [0.29, 0.717) is 11.3 Å². The zero-order chi connectivity index (χ0) is 30.6. The molecule has 3 aromatic rings. The predicted octanol–water partition coefficient (Wildman–Crippen LogP) is 6.14. The van der Waals surface area contributed by atoms with Crippen LogP contribution in [0, 0.1) is 12.8 Å². The monoisotopic (exact) mass is 585 g/mol. The second-order valence-corrected chi connectivity index (χ2v) is 9.79. The highest BCUT2D eigenvalue weighted by Gasteiger charge is 2.46. The van der Waals surface area contributed by atoms with Crippen LogP contribution in [0.5, 0.6) is 5.75 Å². The van der Waals surface area contributed by atoms with E-state index in [4.69, 9.17) is 18.6 Å². The second-order valence-electron chi connectivity index (χ2n) is 9.79. The number of aliphatic imine (C=N–C) groups is 1. The van der Waals surface area contributed by atoms with Crippen molar-refractivity contribution in [3.05, 3.63) is 86.9 Å². The zero-order valence-electron chi connectivity index (χ0n) is 23.5. The number of hydrogen-bond donors (Lipinski definition) is 0. The Kier molecular flexibility index (Phi) is 9.18. The van der Waals surface area contributed by atoms with Gasteiger partial charge in [-0.1, -0.05) is 18.2 Å². The lowest BCUT2D eigenvalue weighted by Gasteiger charge is -2.33. The number of allylic oxidation sites excluding steroid dienone is 1. The summed E-state index contributed by atoms with van der Waals surface area (Å²) in [4.78, 5) is 42.3. The van der Waals surface area contributed by atoms with E-state index in [1.54, 1.807) is 32.0 Å². The van der Waals surface area contributed by atoms with Gasteiger partial charge in [-0.15, -0.1) is 0 Å². The smallest absolute Gasteiger partial charge is 0.416 e. The third-order valence-corrected chi connectivity index (χ3v) is 6.90. The molecule has 0 N–H and O–H groups in total. The number of ether oxygens (including phenoxy) is 3. The Bertz CT molecular complexity index is 1620. The third-order valence-electron chi connectivity index (χ3n) is 6.90. The Morgan fingerprint density at radius 1 is 1.00 bits per heavy atom. The van der Waals surface area contributed by atoms with Gasteiger partial charge < -0.3 is 18.6 Å². The van der Waals surface area contributed by atoms with Gasteiger partial charge in [0.15, 0.2) is 0 Å². The minimum atomic E-state index is -4.73. The van der Waals surface area contributed by atoms with E-state index in [2.05, 4.69) is 4.99 Å². The van der Waals surface area contributed by atoms with Crippen LogP contribution in [-0.2, 0) is 25.2 Å². The molecule has 0 spiro atoms. The van der Waals surface area contributed by atoms with Crippen LogP contribution in [-0.4, -0.2) is 37.5 Å². The van der Waals surface area contributed by atoms with Crippen molar-refractivity contribution in [1.29, 1.82) is 0 Å². The Morgan fingerprint density at radius 3 is 2.45 bits per heavy atom. The molecule has 0 amide bonds. The maximum atomic E-state index is 14.0. The molecular formula is C31H30F3NO7. The molecule has 0 aliphatic carbocycles. The third kappa shape index (κ3) is 6.56. The lowest BCUT2D eigenvalue weighted by molar-refractivity contribution is -0.147. The average molecular weight is 586 g/mol. The minimum Gasteiger partial charge on any atom is -0.493 e. The molecule has 2 aromatic carbocycles. The largest absolute Gasteiger partial charge is 0.493 e. The van der Waals surface area contributed by atoms with Crippen molar-refractivity contribution in [3.8, 4) is 5.75 Å². The Morgan fingerprint density at radius 2 is 1.74 bits per heavy atom. The SMILES string of the molecule is CCOC(=O)C1C(C)=NC(C)=C(C(=O)OCCCOc2ccc3c(C)cc(=O)oc3c2)C1c1ccccc1C(F)(F)F. The molecular weight excluding hydrogens is 555 g/mol. The van der Waals surface area contributed by atoms with Gasteiger partial charge >= 0.3 is 23.7 Å². The summed E-state index contributed by atoms with van der Waals surface area (Å²) in [5.41, 5.74) is -0.289. The van der Waals surface area contributed by atoms with E-state index in [1.165, 1.54) is 38.1 Å². The molecule has 1 aliphatic rings. The number of benzene rings is 2. The Labute approximate surface area is 239 Å². The fourth-order valence-corrected chi connectivity index (χ4v) is 5.09. The maximum absolute atomic E-state index is 14.0. The van der Waals surface area contributed by atoms with Crippen LogP contribution in [0.4, 0.5) is 13.2 Å². The van der Waals surface area contributed by atoms with E-state index >= 15 is 0 Å². The van der Waals surface area contributed by atoms with Crippen molar-refractivity contribution >= 4 is 28.6 Å². The number of esters is 2. The second kappa shape index (κ2) is 12.6. The first-order valence-electron chi connectivity index (χ1n) is 13.4. The molecule has 2 atom stereocenters. The first kappa shape index (κ1) is 30.5. The molecule has 1 aromatic heterocycles. The minimum absolute atomic E-state index is 0.00167. The van der Waals surface area contributed by atoms with Gasteiger partial charge in [-0.25, -0.2) is 9.59 Å². The molecule has 0 saturated heterocycles. The van der Waals surface area contributed by atoms with Gasteiger partial charge in [-0.3, -0.25) is 9.79 Å². The quantitative estimate of drug-likeness (QED) is 0.169. The highest BCUT2D eigenvalue weighted by molar-refractivity contribution is 6.07. The van der Waals surface area contributed by atoms with E-state index in [-0.39, 0.29) is 48.8 Å². The first-order chi connectivity index (χ1) is 19.9. The number of carbonyl (C=O) groups is 2. The van der Waals surface area contributed by atoms with Crippen LogP contribution < -0.4 is 10.4 Å². The van der Waals surface area contributed by atoms with Crippen molar-refractivity contribution < 1.29 is 41.4 Å². The molecule has 11 heteroatoms. The van der Waals surface area contributed by atoms with Crippen LogP contribution >= 0.6 is 0 Å². The fraction of sp³-hybridized carbons (Fsp3) is 0.355. The summed E-state index contributed by atoms with van der Waals surface area (Å²) in [5, 5.41) is 0.771. The summed E-state index contributed by atoms with van der Waals surface area (Å²) in [6.45, 7) is 6.42. The summed E-state index contributed by atoms with van der Waals surface area (Å²) in [6, 6.07) is 11.3. The van der Waals surface area contributed by atoms with Crippen LogP contribution in [0.15, 0.2) is 74.0 Å². The number of nitrogens with zero attached hydrogens (tertiary/aromatic N) is 1. The summed E-state index contributed by atoms with van der Waals surface area (Å²) in [5.74, 6) is -3.80. The number of carbonyl (C=O) groups excluding carboxylic acids is 2. The van der Waals surface area contributed by atoms with Gasteiger partial charge in [0.05, 0.1) is 31.0 Å². The Hall–Kier alpha value is -4.41. The highest BCUT2D eigenvalue weighted by atomic mass is 19.4. The van der Waals surface area contributed by atoms with Gasteiger partial charge in [-0.2, -0.15) is 13.2 Å². The van der Waals surface area contributed by atoms with Crippen molar-refractivity contribution in [2.24, 2.45) is 10.9 Å². The molecule has 2 unspecified atom stereocenters. The lowest BCUT2D eigenvalue weighted by atomic mass is 9.74. The number of aryl methyl sites for hydroxylation is 1. The van der Waals surface area contributed by atoms with Crippen molar-refractivity contribution in [3.63, 3.8) is 0 Å². The maximum Gasteiger partial charge on any atom is 0.416 e. The zero-order valence-corrected chi connectivity index (χ0v) is 23.5. The molecule has 42 heavy (non-hydrogen) atoms. The number of rotatable bonds is 9. The number of hydrogen-bond acceptors (Lipinski definition) is 8. The lowest BCUT2D eigenvalue weighted by Crippen LogP contribution is -2.37. The van der Waals surface area contributed by atoms with E-state index in [9.17, 15) is 27.6 Å². The van der Waals surface area contributed by atoms with E-state index in [1.807, 2.05) is 0 Å².